The van der Waals surface area contributed by atoms with Crippen molar-refractivity contribution < 1.29 is 4.79 Å². The fourth-order valence-electron chi connectivity index (χ4n) is 3.18. The first-order valence-corrected chi connectivity index (χ1v) is 9.15. The van der Waals surface area contributed by atoms with Gasteiger partial charge in [-0.25, -0.2) is 15.0 Å². The van der Waals surface area contributed by atoms with Gasteiger partial charge in [-0.3, -0.25) is 10.1 Å². The van der Waals surface area contributed by atoms with Crippen LogP contribution in [0.3, 0.4) is 0 Å². The highest BCUT2D eigenvalue weighted by atomic mass is 32.1. The SMILES string of the molecule is Cc1nccc(C(=O)Nc2nc3c(s2)CC(c2ccccc2)CC3)n1. The molecule has 25 heavy (non-hydrogen) atoms. The van der Waals surface area contributed by atoms with Gasteiger partial charge in [0.1, 0.15) is 11.5 Å². The summed E-state index contributed by atoms with van der Waals surface area (Å²) in [6, 6.07) is 12.2. The number of carbonyl (C=O) groups excluding carboxylic acids is 1. The van der Waals surface area contributed by atoms with Crippen molar-refractivity contribution in [2.75, 3.05) is 5.32 Å². The highest BCUT2D eigenvalue weighted by molar-refractivity contribution is 7.15. The van der Waals surface area contributed by atoms with Crippen LogP contribution in [0.5, 0.6) is 0 Å². The minimum absolute atomic E-state index is 0.240. The van der Waals surface area contributed by atoms with E-state index in [1.54, 1.807) is 30.5 Å². The van der Waals surface area contributed by atoms with E-state index in [0.717, 1.165) is 25.0 Å². The van der Waals surface area contributed by atoms with Crippen molar-refractivity contribution in [2.24, 2.45) is 0 Å². The molecule has 0 saturated heterocycles. The van der Waals surface area contributed by atoms with Gasteiger partial charge in [0, 0.05) is 11.1 Å². The lowest BCUT2D eigenvalue weighted by molar-refractivity contribution is 0.102. The molecular weight excluding hydrogens is 332 g/mol. The minimum atomic E-state index is -0.240. The summed E-state index contributed by atoms with van der Waals surface area (Å²) in [7, 11) is 0. The zero-order valence-corrected chi connectivity index (χ0v) is 14.7. The Morgan fingerprint density at radius 2 is 2.04 bits per heavy atom. The van der Waals surface area contributed by atoms with Crippen LogP contribution in [0.1, 0.15) is 44.8 Å². The topological polar surface area (TPSA) is 67.8 Å². The Hall–Kier alpha value is -2.60. The molecule has 1 N–H and O–H groups in total. The predicted octanol–water partition coefficient (Wildman–Crippen LogP) is 3.77. The molecule has 1 amide bonds. The molecule has 2 aromatic heterocycles. The number of benzene rings is 1. The number of hydrogen-bond donors (Lipinski definition) is 1. The third-order valence-corrected chi connectivity index (χ3v) is 5.48. The van der Waals surface area contributed by atoms with E-state index in [4.69, 9.17) is 0 Å². The van der Waals surface area contributed by atoms with Crippen LogP contribution in [0.15, 0.2) is 42.6 Å². The Labute approximate surface area is 150 Å². The summed E-state index contributed by atoms with van der Waals surface area (Å²) in [5.41, 5.74) is 2.86. The zero-order valence-electron chi connectivity index (χ0n) is 13.9. The number of nitrogens with zero attached hydrogens (tertiary/aromatic N) is 3. The van der Waals surface area contributed by atoms with E-state index in [-0.39, 0.29) is 5.91 Å². The summed E-state index contributed by atoms with van der Waals surface area (Å²) >= 11 is 1.57. The molecule has 1 aliphatic carbocycles. The fourth-order valence-corrected chi connectivity index (χ4v) is 4.26. The molecule has 4 rings (SSSR count). The number of carbonyl (C=O) groups is 1. The summed E-state index contributed by atoms with van der Waals surface area (Å²) < 4.78 is 0. The number of thiazole rings is 1. The maximum Gasteiger partial charge on any atom is 0.276 e. The molecule has 0 aliphatic heterocycles. The largest absolute Gasteiger partial charge is 0.296 e. The Bertz CT molecular complexity index is 907. The lowest BCUT2D eigenvalue weighted by Crippen LogP contribution is -2.14. The number of hydrogen-bond acceptors (Lipinski definition) is 5. The van der Waals surface area contributed by atoms with E-state index in [0.29, 0.717) is 22.6 Å². The van der Waals surface area contributed by atoms with Gasteiger partial charge in [0.25, 0.3) is 5.91 Å². The van der Waals surface area contributed by atoms with Crippen LogP contribution in [0, 0.1) is 6.92 Å². The van der Waals surface area contributed by atoms with Crippen molar-refractivity contribution in [1.82, 2.24) is 15.0 Å². The van der Waals surface area contributed by atoms with Gasteiger partial charge in [-0.1, -0.05) is 30.3 Å². The fraction of sp³-hybridized carbons (Fsp3) is 0.263. The van der Waals surface area contributed by atoms with Crippen LogP contribution in [0.2, 0.25) is 0 Å². The number of aryl methyl sites for hydroxylation is 2. The van der Waals surface area contributed by atoms with Crippen molar-refractivity contribution >= 4 is 22.4 Å². The molecule has 3 aromatic rings. The average Bonchev–Trinajstić information content (AvgIpc) is 3.03. The third kappa shape index (κ3) is 3.44. The van der Waals surface area contributed by atoms with Crippen LogP contribution in [0.25, 0.3) is 0 Å². The first kappa shape index (κ1) is 15.9. The van der Waals surface area contributed by atoms with Crippen molar-refractivity contribution in [3.05, 3.63) is 70.2 Å². The molecule has 5 nitrogen and oxygen atoms in total. The number of aromatic nitrogens is 3. The molecule has 1 aromatic carbocycles. The Balaban J connectivity index is 1.50. The van der Waals surface area contributed by atoms with Crippen molar-refractivity contribution in [2.45, 2.75) is 32.1 Å². The summed E-state index contributed by atoms with van der Waals surface area (Å²) in [6.45, 7) is 1.77. The van der Waals surface area contributed by atoms with Crippen LogP contribution in [-0.2, 0) is 12.8 Å². The molecular formula is C19H18N4OS. The monoisotopic (exact) mass is 350 g/mol. The standard InChI is InChI=1S/C19H18N4OS/c1-12-20-10-9-16(21-12)18(24)23-19-22-15-8-7-14(11-17(15)25-19)13-5-3-2-4-6-13/h2-6,9-10,14H,7-8,11H2,1H3,(H,22,23,24). The van der Waals surface area contributed by atoms with E-state index in [1.165, 1.54) is 10.4 Å². The van der Waals surface area contributed by atoms with E-state index < -0.39 is 0 Å². The van der Waals surface area contributed by atoms with Crippen LogP contribution in [0.4, 0.5) is 5.13 Å². The first-order valence-electron chi connectivity index (χ1n) is 8.33. The van der Waals surface area contributed by atoms with Crippen molar-refractivity contribution in [3.63, 3.8) is 0 Å². The van der Waals surface area contributed by atoms with Gasteiger partial charge in [0.05, 0.1) is 5.69 Å². The van der Waals surface area contributed by atoms with E-state index in [9.17, 15) is 4.79 Å². The molecule has 1 unspecified atom stereocenters. The minimum Gasteiger partial charge on any atom is -0.296 e. The van der Waals surface area contributed by atoms with Gasteiger partial charge in [-0.05, 0) is 43.7 Å². The maximum absolute atomic E-state index is 12.3. The quantitative estimate of drug-likeness (QED) is 0.781. The molecule has 126 valence electrons. The second-order valence-corrected chi connectivity index (χ2v) is 7.27. The van der Waals surface area contributed by atoms with Crippen LogP contribution < -0.4 is 5.32 Å². The normalized spacial score (nSPS) is 16.3. The summed E-state index contributed by atoms with van der Waals surface area (Å²) in [4.78, 5) is 26.4. The molecule has 1 aliphatic rings. The number of anilines is 1. The lowest BCUT2D eigenvalue weighted by Gasteiger charge is -2.21. The Morgan fingerprint density at radius 1 is 1.20 bits per heavy atom. The molecule has 6 heteroatoms. The Morgan fingerprint density at radius 3 is 2.84 bits per heavy atom. The van der Waals surface area contributed by atoms with Gasteiger partial charge in [-0.15, -0.1) is 11.3 Å². The first-order chi connectivity index (χ1) is 12.2. The van der Waals surface area contributed by atoms with Crippen LogP contribution in [-0.4, -0.2) is 20.9 Å². The highest BCUT2D eigenvalue weighted by Gasteiger charge is 2.24. The lowest BCUT2D eigenvalue weighted by atomic mass is 9.85. The average molecular weight is 350 g/mol. The van der Waals surface area contributed by atoms with E-state index in [2.05, 4.69) is 44.5 Å². The van der Waals surface area contributed by atoms with Gasteiger partial charge in [0.15, 0.2) is 5.13 Å². The van der Waals surface area contributed by atoms with E-state index >= 15 is 0 Å². The number of nitrogens with one attached hydrogen (secondary N) is 1. The van der Waals surface area contributed by atoms with Gasteiger partial charge >= 0.3 is 0 Å². The Kier molecular flexibility index (Phi) is 4.28. The highest BCUT2D eigenvalue weighted by Crippen LogP contribution is 2.36. The smallest absolute Gasteiger partial charge is 0.276 e. The number of fused-ring (bicyclic) bond motifs is 1. The molecule has 2 heterocycles. The van der Waals surface area contributed by atoms with Gasteiger partial charge in [-0.2, -0.15) is 0 Å². The van der Waals surface area contributed by atoms with Crippen LogP contribution >= 0.6 is 11.3 Å². The molecule has 0 saturated carbocycles. The molecule has 0 bridgehead atoms. The molecule has 0 spiro atoms. The zero-order chi connectivity index (χ0) is 17.2. The number of amides is 1. The van der Waals surface area contributed by atoms with Gasteiger partial charge in [0.2, 0.25) is 0 Å². The summed E-state index contributed by atoms with van der Waals surface area (Å²) in [5, 5.41) is 3.53. The number of rotatable bonds is 3. The maximum atomic E-state index is 12.3. The molecule has 0 radical (unpaired) electrons. The summed E-state index contributed by atoms with van der Waals surface area (Å²) in [6.07, 6.45) is 4.63. The second kappa shape index (κ2) is 6.72. The third-order valence-electron chi connectivity index (χ3n) is 4.44. The van der Waals surface area contributed by atoms with Crippen molar-refractivity contribution in [3.8, 4) is 0 Å². The second-order valence-electron chi connectivity index (χ2n) is 6.18. The molecule has 1 atom stereocenters. The van der Waals surface area contributed by atoms with Gasteiger partial charge < -0.3 is 0 Å². The van der Waals surface area contributed by atoms with Crippen molar-refractivity contribution in [1.29, 1.82) is 0 Å². The predicted molar refractivity (Wildman–Crippen MR) is 98.0 cm³/mol. The molecule has 0 fully saturated rings. The summed E-state index contributed by atoms with van der Waals surface area (Å²) in [5.74, 6) is 0.871. The van der Waals surface area contributed by atoms with E-state index in [1.807, 2.05) is 6.07 Å².